The van der Waals surface area contributed by atoms with Crippen LogP contribution in [0.4, 0.5) is 0 Å². The van der Waals surface area contributed by atoms with Crippen LogP contribution in [0.5, 0.6) is 11.5 Å². The van der Waals surface area contributed by atoms with Crippen molar-refractivity contribution in [3.05, 3.63) is 36.4 Å². The van der Waals surface area contributed by atoms with Crippen molar-refractivity contribution in [2.24, 2.45) is 5.92 Å². The molecule has 0 spiro atoms. The highest BCUT2D eigenvalue weighted by molar-refractivity contribution is 5.73. The fourth-order valence-electron chi connectivity index (χ4n) is 2.08. The Morgan fingerprint density at radius 1 is 1.47 bits per heavy atom. The SMILES string of the molecule is C=CC[C@@H](Cc1ccc2c(c1)OCO2)C(=O)OCC. The van der Waals surface area contributed by atoms with Gasteiger partial charge < -0.3 is 14.2 Å². The maximum absolute atomic E-state index is 11.8. The maximum Gasteiger partial charge on any atom is 0.309 e. The molecular formula is C15H18O4. The first-order chi connectivity index (χ1) is 9.24. The van der Waals surface area contributed by atoms with Gasteiger partial charge in [-0.2, -0.15) is 0 Å². The van der Waals surface area contributed by atoms with Gasteiger partial charge in [0.1, 0.15) is 0 Å². The van der Waals surface area contributed by atoms with E-state index in [9.17, 15) is 4.79 Å². The number of carbonyl (C=O) groups is 1. The molecule has 0 fully saturated rings. The van der Waals surface area contributed by atoms with Crippen molar-refractivity contribution in [3.63, 3.8) is 0 Å². The number of allylic oxidation sites excluding steroid dienone is 1. The molecule has 0 saturated carbocycles. The summed E-state index contributed by atoms with van der Waals surface area (Å²) >= 11 is 0. The number of benzene rings is 1. The van der Waals surface area contributed by atoms with Gasteiger partial charge in [-0.15, -0.1) is 6.58 Å². The second kappa shape index (κ2) is 6.27. The fourth-order valence-corrected chi connectivity index (χ4v) is 2.08. The van der Waals surface area contributed by atoms with Gasteiger partial charge in [0.25, 0.3) is 0 Å². The number of esters is 1. The molecule has 102 valence electrons. The van der Waals surface area contributed by atoms with E-state index in [1.54, 1.807) is 6.08 Å². The summed E-state index contributed by atoms with van der Waals surface area (Å²) in [5, 5.41) is 0. The van der Waals surface area contributed by atoms with Crippen LogP contribution in [0.1, 0.15) is 18.9 Å². The smallest absolute Gasteiger partial charge is 0.309 e. The molecule has 1 aliphatic rings. The summed E-state index contributed by atoms with van der Waals surface area (Å²) in [6.07, 6.45) is 2.96. The minimum atomic E-state index is -0.196. The summed E-state index contributed by atoms with van der Waals surface area (Å²) in [4.78, 5) is 11.8. The quantitative estimate of drug-likeness (QED) is 0.584. The van der Waals surface area contributed by atoms with Crippen LogP contribution in [-0.4, -0.2) is 19.4 Å². The molecule has 1 aliphatic heterocycles. The number of hydrogen-bond donors (Lipinski definition) is 0. The second-order valence-corrected chi connectivity index (χ2v) is 4.37. The van der Waals surface area contributed by atoms with Gasteiger partial charge in [0, 0.05) is 0 Å². The van der Waals surface area contributed by atoms with Crippen molar-refractivity contribution in [2.45, 2.75) is 19.8 Å². The minimum absolute atomic E-state index is 0.180. The Kier molecular flexibility index (Phi) is 4.44. The van der Waals surface area contributed by atoms with E-state index in [0.717, 1.165) is 17.1 Å². The highest BCUT2D eigenvalue weighted by Crippen LogP contribution is 2.33. The van der Waals surface area contributed by atoms with Gasteiger partial charge in [-0.3, -0.25) is 4.79 Å². The van der Waals surface area contributed by atoms with Crippen LogP contribution in [-0.2, 0) is 16.0 Å². The van der Waals surface area contributed by atoms with Crippen LogP contribution in [0, 0.1) is 5.92 Å². The van der Waals surface area contributed by atoms with Crippen LogP contribution in [0.25, 0.3) is 0 Å². The molecule has 0 aliphatic carbocycles. The van der Waals surface area contributed by atoms with E-state index in [1.165, 1.54) is 0 Å². The van der Waals surface area contributed by atoms with Crippen LogP contribution in [0.15, 0.2) is 30.9 Å². The topological polar surface area (TPSA) is 44.8 Å². The van der Waals surface area contributed by atoms with Gasteiger partial charge in [-0.05, 0) is 37.5 Å². The lowest BCUT2D eigenvalue weighted by atomic mass is 9.96. The minimum Gasteiger partial charge on any atom is -0.466 e. The van der Waals surface area contributed by atoms with Crippen molar-refractivity contribution in [3.8, 4) is 11.5 Å². The molecule has 1 aromatic rings. The molecule has 0 aromatic heterocycles. The number of ether oxygens (including phenoxy) is 3. The number of carbonyl (C=O) groups excluding carboxylic acids is 1. The first-order valence-electron chi connectivity index (χ1n) is 6.40. The van der Waals surface area contributed by atoms with Gasteiger partial charge in [-0.1, -0.05) is 12.1 Å². The normalized spacial score (nSPS) is 13.9. The monoisotopic (exact) mass is 262 g/mol. The molecule has 4 nitrogen and oxygen atoms in total. The highest BCUT2D eigenvalue weighted by Gasteiger charge is 2.20. The van der Waals surface area contributed by atoms with Crippen molar-refractivity contribution in [1.82, 2.24) is 0 Å². The lowest BCUT2D eigenvalue weighted by Gasteiger charge is -2.14. The molecule has 0 radical (unpaired) electrons. The second-order valence-electron chi connectivity index (χ2n) is 4.37. The zero-order valence-electron chi connectivity index (χ0n) is 11.1. The van der Waals surface area contributed by atoms with Gasteiger partial charge in [0.05, 0.1) is 12.5 Å². The Hall–Kier alpha value is -1.97. The highest BCUT2D eigenvalue weighted by atomic mass is 16.7. The van der Waals surface area contributed by atoms with Gasteiger partial charge in [0.15, 0.2) is 11.5 Å². The Bertz CT molecular complexity index is 467. The molecule has 0 saturated heterocycles. The molecule has 0 N–H and O–H groups in total. The van der Waals surface area contributed by atoms with Crippen molar-refractivity contribution in [1.29, 1.82) is 0 Å². The lowest BCUT2D eigenvalue weighted by Crippen LogP contribution is -2.19. The molecule has 0 amide bonds. The zero-order chi connectivity index (χ0) is 13.7. The van der Waals surface area contributed by atoms with Crippen LogP contribution < -0.4 is 9.47 Å². The molecule has 0 unspecified atom stereocenters. The molecule has 2 rings (SSSR count). The third kappa shape index (κ3) is 3.28. The molecule has 19 heavy (non-hydrogen) atoms. The Labute approximate surface area is 113 Å². The third-order valence-corrected chi connectivity index (χ3v) is 2.99. The Morgan fingerprint density at radius 3 is 3.00 bits per heavy atom. The standard InChI is InChI=1S/C15H18O4/c1-3-5-12(15(16)17-4-2)8-11-6-7-13-14(9-11)19-10-18-13/h3,6-7,9,12H,1,4-5,8,10H2,2H3/t12-/m0/s1. The average molecular weight is 262 g/mol. The van der Waals surface area contributed by atoms with Crippen LogP contribution >= 0.6 is 0 Å². The molecule has 1 heterocycles. The number of hydrogen-bond acceptors (Lipinski definition) is 4. The predicted octanol–water partition coefficient (Wildman–Crippen LogP) is 2.71. The predicted molar refractivity (Wildman–Crippen MR) is 71.2 cm³/mol. The van der Waals surface area contributed by atoms with Gasteiger partial charge in [0.2, 0.25) is 6.79 Å². The van der Waals surface area contributed by atoms with E-state index in [2.05, 4.69) is 6.58 Å². The summed E-state index contributed by atoms with van der Waals surface area (Å²) < 4.78 is 15.7. The molecule has 1 atom stereocenters. The third-order valence-electron chi connectivity index (χ3n) is 2.99. The molecular weight excluding hydrogens is 244 g/mol. The largest absolute Gasteiger partial charge is 0.466 e. The van der Waals surface area contributed by atoms with Crippen LogP contribution in [0.3, 0.4) is 0 Å². The average Bonchev–Trinajstić information content (AvgIpc) is 2.86. The van der Waals surface area contributed by atoms with Gasteiger partial charge in [-0.25, -0.2) is 0 Å². The number of rotatable bonds is 6. The first-order valence-corrected chi connectivity index (χ1v) is 6.40. The Balaban J connectivity index is 2.08. The summed E-state index contributed by atoms with van der Waals surface area (Å²) in [6, 6.07) is 5.73. The molecule has 0 bridgehead atoms. The maximum atomic E-state index is 11.8. The van der Waals surface area contributed by atoms with E-state index in [0.29, 0.717) is 19.4 Å². The Morgan fingerprint density at radius 2 is 2.26 bits per heavy atom. The van der Waals surface area contributed by atoms with E-state index < -0.39 is 0 Å². The van der Waals surface area contributed by atoms with Crippen LogP contribution in [0.2, 0.25) is 0 Å². The fraction of sp³-hybridized carbons (Fsp3) is 0.400. The van der Waals surface area contributed by atoms with Crippen molar-refractivity contribution >= 4 is 5.97 Å². The van der Waals surface area contributed by atoms with E-state index in [4.69, 9.17) is 14.2 Å². The summed E-state index contributed by atoms with van der Waals surface area (Å²) in [7, 11) is 0. The van der Waals surface area contributed by atoms with Crippen molar-refractivity contribution < 1.29 is 19.0 Å². The van der Waals surface area contributed by atoms with E-state index in [-0.39, 0.29) is 18.7 Å². The molecule has 4 heteroatoms. The summed E-state index contributed by atoms with van der Waals surface area (Å²) in [5.41, 5.74) is 1.03. The van der Waals surface area contributed by atoms with Gasteiger partial charge >= 0.3 is 5.97 Å². The zero-order valence-corrected chi connectivity index (χ0v) is 11.1. The van der Waals surface area contributed by atoms with E-state index >= 15 is 0 Å². The lowest BCUT2D eigenvalue weighted by molar-refractivity contribution is -0.147. The summed E-state index contributed by atoms with van der Waals surface area (Å²) in [5.74, 6) is 1.11. The van der Waals surface area contributed by atoms with Crippen molar-refractivity contribution in [2.75, 3.05) is 13.4 Å². The summed E-state index contributed by atoms with van der Waals surface area (Å²) in [6.45, 7) is 6.15. The number of fused-ring (bicyclic) bond motifs is 1. The first kappa shape index (κ1) is 13.5. The molecule has 1 aromatic carbocycles. The van der Waals surface area contributed by atoms with E-state index in [1.807, 2.05) is 25.1 Å².